The van der Waals surface area contributed by atoms with Gasteiger partial charge in [0, 0.05) is 12.5 Å². The number of nitrogens with zero attached hydrogens (tertiary/aromatic N) is 1. The number of carboxylic acids is 1. The number of carbonyl (C=O) groups is 2. The highest BCUT2D eigenvalue weighted by atomic mass is 19.1. The Morgan fingerprint density at radius 1 is 1.42 bits per heavy atom. The van der Waals surface area contributed by atoms with Gasteiger partial charge in [-0.1, -0.05) is 0 Å². The fraction of sp³-hybridized carbons (Fsp3) is 0.250. The van der Waals surface area contributed by atoms with Gasteiger partial charge in [-0.05, 0) is 18.6 Å². The molecule has 1 atom stereocenters. The van der Waals surface area contributed by atoms with E-state index in [0.29, 0.717) is 6.07 Å². The molecule has 1 aromatic rings. The molecule has 0 fully saturated rings. The van der Waals surface area contributed by atoms with Gasteiger partial charge in [-0.15, -0.1) is 0 Å². The zero-order valence-corrected chi connectivity index (χ0v) is 9.69. The average Bonchev–Trinajstić information content (AvgIpc) is 2.33. The summed E-state index contributed by atoms with van der Waals surface area (Å²) in [5.74, 6) is -4.22. The Hall–Kier alpha value is -2.49. The second kappa shape index (κ2) is 6.44. The SMILES string of the molecule is N#CCC[C@H](NC(=O)c1ccc(F)cc1F)C(=O)O. The fourth-order valence-electron chi connectivity index (χ4n) is 1.38. The third-order valence-electron chi connectivity index (χ3n) is 2.32. The van der Waals surface area contributed by atoms with Crippen LogP contribution in [-0.2, 0) is 4.79 Å². The summed E-state index contributed by atoms with van der Waals surface area (Å²) in [4.78, 5) is 22.5. The molecule has 0 saturated heterocycles. The molecule has 0 saturated carbocycles. The lowest BCUT2D eigenvalue weighted by atomic mass is 10.1. The molecule has 0 spiro atoms. The van der Waals surface area contributed by atoms with E-state index in [1.54, 1.807) is 6.07 Å². The van der Waals surface area contributed by atoms with E-state index < -0.39 is 35.1 Å². The van der Waals surface area contributed by atoms with E-state index in [1.165, 1.54) is 0 Å². The van der Waals surface area contributed by atoms with Gasteiger partial charge in [0.2, 0.25) is 0 Å². The molecule has 0 aliphatic heterocycles. The number of amides is 1. The number of nitriles is 1. The van der Waals surface area contributed by atoms with E-state index in [9.17, 15) is 18.4 Å². The van der Waals surface area contributed by atoms with Crippen molar-refractivity contribution < 1.29 is 23.5 Å². The number of rotatable bonds is 5. The summed E-state index contributed by atoms with van der Waals surface area (Å²) < 4.78 is 26.0. The van der Waals surface area contributed by atoms with Crippen LogP contribution in [0, 0.1) is 23.0 Å². The monoisotopic (exact) mass is 268 g/mol. The molecule has 0 aromatic heterocycles. The molecule has 0 heterocycles. The van der Waals surface area contributed by atoms with Crippen molar-refractivity contribution in [2.75, 3.05) is 0 Å². The van der Waals surface area contributed by atoms with Gasteiger partial charge in [-0.3, -0.25) is 4.79 Å². The second-order valence-corrected chi connectivity index (χ2v) is 3.69. The lowest BCUT2D eigenvalue weighted by Crippen LogP contribution is -2.41. The van der Waals surface area contributed by atoms with Gasteiger partial charge in [0.1, 0.15) is 17.7 Å². The maximum Gasteiger partial charge on any atom is 0.326 e. The van der Waals surface area contributed by atoms with Crippen molar-refractivity contribution in [1.29, 1.82) is 5.26 Å². The molecule has 0 radical (unpaired) electrons. The summed E-state index contributed by atoms with van der Waals surface area (Å²) >= 11 is 0. The molecule has 0 aliphatic carbocycles. The molecule has 0 unspecified atom stereocenters. The normalized spacial score (nSPS) is 11.4. The van der Waals surface area contributed by atoms with Gasteiger partial charge in [0.25, 0.3) is 5.91 Å². The molecule has 5 nitrogen and oxygen atoms in total. The number of carbonyl (C=O) groups excluding carboxylic acids is 1. The summed E-state index contributed by atoms with van der Waals surface area (Å²) in [5.41, 5.74) is -0.454. The lowest BCUT2D eigenvalue weighted by Gasteiger charge is -2.13. The van der Waals surface area contributed by atoms with Crippen molar-refractivity contribution in [2.45, 2.75) is 18.9 Å². The minimum absolute atomic E-state index is 0.0663. The first-order valence-electron chi connectivity index (χ1n) is 5.31. The fourth-order valence-corrected chi connectivity index (χ4v) is 1.38. The Labute approximate surface area is 107 Å². The molecule has 1 amide bonds. The third kappa shape index (κ3) is 4.03. The molecule has 19 heavy (non-hydrogen) atoms. The molecular formula is C12H10F2N2O3. The van der Waals surface area contributed by atoms with Crippen LogP contribution < -0.4 is 5.32 Å². The standard InChI is InChI=1S/C12H10F2N2O3/c13-7-3-4-8(9(14)6-7)11(17)16-10(12(18)19)2-1-5-15/h3-4,6,10H,1-2H2,(H,16,17)(H,18,19)/t10-/m0/s1. The Balaban J connectivity index is 2.82. The predicted octanol–water partition coefficient (Wildman–Crippen LogP) is 1.45. The van der Waals surface area contributed by atoms with Gasteiger partial charge in [-0.2, -0.15) is 5.26 Å². The van der Waals surface area contributed by atoms with Crippen LogP contribution >= 0.6 is 0 Å². The van der Waals surface area contributed by atoms with E-state index in [1.807, 2.05) is 0 Å². The number of aliphatic carboxylic acids is 1. The Bertz CT molecular complexity index is 540. The van der Waals surface area contributed by atoms with E-state index in [0.717, 1.165) is 12.1 Å². The molecule has 1 rings (SSSR count). The summed E-state index contributed by atoms with van der Waals surface area (Å²) in [7, 11) is 0. The molecule has 2 N–H and O–H groups in total. The summed E-state index contributed by atoms with van der Waals surface area (Å²) in [6.07, 6.45) is -0.163. The summed E-state index contributed by atoms with van der Waals surface area (Å²) in [6.45, 7) is 0. The van der Waals surface area contributed by atoms with Crippen molar-refractivity contribution in [3.05, 3.63) is 35.4 Å². The van der Waals surface area contributed by atoms with Gasteiger partial charge < -0.3 is 10.4 Å². The number of benzene rings is 1. The van der Waals surface area contributed by atoms with Crippen molar-refractivity contribution >= 4 is 11.9 Å². The molecule has 7 heteroatoms. The van der Waals surface area contributed by atoms with Crippen LogP contribution in [0.25, 0.3) is 0 Å². The average molecular weight is 268 g/mol. The quantitative estimate of drug-likeness (QED) is 0.845. The molecule has 0 aliphatic rings. The topological polar surface area (TPSA) is 90.2 Å². The van der Waals surface area contributed by atoms with Crippen LogP contribution in [0.4, 0.5) is 8.78 Å². The van der Waals surface area contributed by atoms with Crippen LogP contribution in [0.5, 0.6) is 0 Å². The number of carboxylic acid groups (broad SMARTS) is 1. The highest BCUT2D eigenvalue weighted by molar-refractivity contribution is 5.96. The van der Waals surface area contributed by atoms with Crippen molar-refractivity contribution in [3.8, 4) is 6.07 Å². The third-order valence-corrected chi connectivity index (χ3v) is 2.32. The van der Waals surface area contributed by atoms with Gasteiger partial charge in [0.15, 0.2) is 0 Å². The van der Waals surface area contributed by atoms with Crippen LogP contribution in [0.1, 0.15) is 23.2 Å². The minimum Gasteiger partial charge on any atom is -0.480 e. The van der Waals surface area contributed by atoms with Crippen LogP contribution in [-0.4, -0.2) is 23.0 Å². The van der Waals surface area contributed by atoms with Gasteiger partial charge in [0.05, 0.1) is 11.6 Å². The molecule has 1 aromatic carbocycles. The van der Waals surface area contributed by atoms with E-state index in [2.05, 4.69) is 5.32 Å². The van der Waals surface area contributed by atoms with Crippen molar-refractivity contribution in [1.82, 2.24) is 5.32 Å². The predicted molar refractivity (Wildman–Crippen MR) is 60.1 cm³/mol. The first-order valence-corrected chi connectivity index (χ1v) is 5.31. The summed E-state index contributed by atoms with van der Waals surface area (Å²) in [6, 6.07) is 2.79. The van der Waals surface area contributed by atoms with Crippen molar-refractivity contribution in [2.24, 2.45) is 0 Å². The number of hydrogen-bond donors (Lipinski definition) is 2. The largest absolute Gasteiger partial charge is 0.480 e. The van der Waals surface area contributed by atoms with Gasteiger partial charge in [-0.25, -0.2) is 13.6 Å². The number of halogens is 2. The van der Waals surface area contributed by atoms with Crippen LogP contribution in [0.15, 0.2) is 18.2 Å². The molecule has 100 valence electrons. The van der Waals surface area contributed by atoms with Crippen LogP contribution in [0.3, 0.4) is 0 Å². The Morgan fingerprint density at radius 3 is 2.63 bits per heavy atom. The lowest BCUT2D eigenvalue weighted by molar-refractivity contribution is -0.139. The van der Waals surface area contributed by atoms with E-state index >= 15 is 0 Å². The van der Waals surface area contributed by atoms with E-state index in [4.69, 9.17) is 10.4 Å². The van der Waals surface area contributed by atoms with E-state index in [-0.39, 0.29) is 12.8 Å². The molecule has 0 bridgehead atoms. The van der Waals surface area contributed by atoms with Crippen LogP contribution in [0.2, 0.25) is 0 Å². The maximum absolute atomic E-state index is 13.3. The minimum atomic E-state index is -1.33. The summed E-state index contributed by atoms with van der Waals surface area (Å²) in [5, 5.41) is 19.3. The Kier molecular flexibility index (Phi) is 4.94. The van der Waals surface area contributed by atoms with Crippen molar-refractivity contribution in [3.63, 3.8) is 0 Å². The first-order chi connectivity index (χ1) is 8.95. The smallest absolute Gasteiger partial charge is 0.326 e. The zero-order valence-electron chi connectivity index (χ0n) is 9.69. The second-order valence-electron chi connectivity index (χ2n) is 3.69. The first kappa shape index (κ1) is 14.6. The maximum atomic E-state index is 13.3. The zero-order chi connectivity index (χ0) is 14.4. The van der Waals surface area contributed by atoms with Gasteiger partial charge >= 0.3 is 5.97 Å². The Morgan fingerprint density at radius 2 is 2.11 bits per heavy atom. The highest BCUT2D eigenvalue weighted by Gasteiger charge is 2.22. The molecular weight excluding hydrogens is 258 g/mol. The number of nitrogens with one attached hydrogen (secondary N) is 1. The number of hydrogen-bond acceptors (Lipinski definition) is 3. The highest BCUT2D eigenvalue weighted by Crippen LogP contribution is 2.10.